The van der Waals surface area contributed by atoms with Gasteiger partial charge in [0.15, 0.2) is 0 Å². The van der Waals surface area contributed by atoms with Crippen LogP contribution in [-0.2, 0) is 0 Å². The van der Waals surface area contributed by atoms with Gasteiger partial charge in [0.05, 0.1) is 17.4 Å². The number of aliphatic hydroxyl groups is 1. The molecule has 0 saturated heterocycles. The van der Waals surface area contributed by atoms with Crippen molar-refractivity contribution in [3.8, 4) is 0 Å². The van der Waals surface area contributed by atoms with Crippen molar-refractivity contribution in [2.24, 2.45) is 0 Å². The van der Waals surface area contributed by atoms with Gasteiger partial charge in [0.2, 0.25) is 0 Å². The largest absolute Gasteiger partial charge is 0.387 e. The van der Waals surface area contributed by atoms with E-state index in [0.29, 0.717) is 27.5 Å². The number of H-pyrrole nitrogens is 1. The van der Waals surface area contributed by atoms with Gasteiger partial charge < -0.3 is 10.4 Å². The van der Waals surface area contributed by atoms with Crippen molar-refractivity contribution in [2.75, 3.05) is 6.54 Å². The van der Waals surface area contributed by atoms with E-state index in [1.807, 2.05) is 0 Å². The molecular formula is C14H16ClN3O2. The number of hydrogen-bond donors (Lipinski definition) is 3. The molecular weight excluding hydrogens is 278 g/mol. The molecule has 0 aliphatic heterocycles. The van der Waals surface area contributed by atoms with Crippen LogP contribution in [-0.4, -0.2) is 27.8 Å². The molecule has 0 saturated carbocycles. The molecule has 0 fully saturated rings. The highest BCUT2D eigenvalue weighted by molar-refractivity contribution is 6.30. The lowest BCUT2D eigenvalue weighted by molar-refractivity contribution is 0.0915. The van der Waals surface area contributed by atoms with Gasteiger partial charge in [-0.1, -0.05) is 23.7 Å². The van der Waals surface area contributed by atoms with Crippen molar-refractivity contribution in [1.82, 2.24) is 15.5 Å². The van der Waals surface area contributed by atoms with E-state index >= 15 is 0 Å². The standard InChI is InChI=1S/C14H16ClN3O2/c1-8-13(9(2)18-17-8)14(20)16-7-12(19)10-3-5-11(15)6-4-10/h3-6,12,19H,7H2,1-2H3,(H,16,20)(H,17,18). The minimum atomic E-state index is -0.774. The lowest BCUT2D eigenvalue weighted by Crippen LogP contribution is -2.29. The third kappa shape index (κ3) is 3.18. The van der Waals surface area contributed by atoms with E-state index in [1.165, 1.54) is 0 Å². The van der Waals surface area contributed by atoms with E-state index in [-0.39, 0.29) is 12.5 Å². The molecule has 1 heterocycles. The van der Waals surface area contributed by atoms with Crippen molar-refractivity contribution in [2.45, 2.75) is 20.0 Å². The van der Waals surface area contributed by atoms with E-state index in [9.17, 15) is 9.90 Å². The molecule has 20 heavy (non-hydrogen) atoms. The Balaban J connectivity index is 1.98. The Morgan fingerprint density at radius 1 is 1.40 bits per heavy atom. The molecule has 1 atom stereocenters. The maximum absolute atomic E-state index is 12.0. The van der Waals surface area contributed by atoms with Gasteiger partial charge >= 0.3 is 0 Å². The highest BCUT2D eigenvalue weighted by Gasteiger charge is 2.16. The number of hydrogen-bond acceptors (Lipinski definition) is 3. The van der Waals surface area contributed by atoms with Gasteiger partial charge in [0.25, 0.3) is 5.91 Å². The number of benzene rings is 1. The van der Waals surface area contributed by atoms with Crippen molar-refractivity contribution in [1.29, 1.82) is 0 Å². The highest BCUT2D eigenvalue weighted by Crippen LogP contribution is 2.16. The molecule has 6 heteroatoms. The molecule has 0 bridgehead atoms. The first-order valence-corrected chi connectivity index (χ1v) is 6.60. The summed E-state index contributed by atoms with van der Waals surface area (Å²) in [7, 11) is 0. The normalized spacial score (nSPS) is 12.2. The third-order valence-electron chi connectivity index (χ3n) is 3.07. The maximum Gasteiger partial charge on any atom is 0.255 e. The first kappa shape index (κ1) is 14.6. The number of aliphatic hydroxyl groups excluding tert-OH is 1. The summed E-state index contributed by atoms with van der Waals surface area (Å²) in [5.74, 6) is -0.248. The van der Waals surface area contributed by atoms with Crippen LogP contribution in [0.2, 0.25) is 5.02 Å². The van der Waals surface area contributed by atoms with Gasteiger partial charge in [-0.15, -0.1) is 0 Å². The summed E-state index contributed by atoms with van der Waals surface area (Å²) in [5, 5.41) is 20.0. The van der Waals surface area contributed by atoms with Crippen molar-refractivity contribution < 1.29 is 9.90 Å². The number of aryl methyl sites for hydroxylation is 2. The fraction of sp³-hybridized carbons (Fsp3) is 0.286. The van der Waals surface area contributed by atoms with Crippen LogP contribution in [0.5, 0.6) is 0 Å². The fourth-order valence-corrected chi connectivity index (χ4v) is 2.09. The van der Waals surface area contributed by atoms with E-state index in [1.54, 1.807) is 38.1 Å². The minimum Gasteiger partial charge on any atom is -0.387 e. The summed E-state index contributed by atoms with van der Waals surface area (Å²) >= 11 is 5.78. The predicted octanol–water partition coefficient (Wildman–Crippen LogP) is 2.14. The monoisotopic (exact) mass is 293 g/mol. The molecule has 5 nitrogen and oxygen atoms in total. The van der Waals surface area contributed by atoms with Gasteiger partial charge in [-0.3, -0.25) is 9.89 Å². The SMILES string of the molecule is Cc1n[nH]c(C)c1C(=O)NCC(O)c1ccc(Cl)cc1. The summed E-state index contributed by atoms with van der Waals surface area (Å²) in [6.45, 7) is 3.67. The zero-order chi connectivity index (χ0) is 14.7. The second kappa shape index (κ2) is 6.07. The molecule has 0 aliphatic carbocycles. The Morgan fingerprint density at radius 3 is 2.60 bits per heavy atom. The molecule has 106 valence electrons. The molecule has 1 unspecified atom stereocenters. The van der Waals surface area contributed by atoms with Gasteiger partial charge in [0, 0.05) is 17.3 Å². The Morgan fingerprint density at radius 2 is 2.05 bits per heavy atom. The van der Waals surface area contributed by atoms with Gasteiger partial charge in [-0.25, -0.2) is 0 Å². The summed E-state index contributed by atoms with van der Waals surface area (Å²) in [6, 6.07) is 6.86. The van der Waals surface area contributed by atoms with Crippen LogP contribution in [0.1, 0.15) is 33.4 Å². The smallest absolute Gasteiger partial charge is 0.255 e. The number of rotatable bonds is 4. The number of halogens is 1. The van der Waals surface area contributed by atoms with E-state index in [4.69, 9.17) is 11.6 Å². The summed E-state index contributed by atoms with van der Waals surface area (Å²) in [5.41, 5.74) is 2.57. The lowest BCUT2D eigenvalue weighted by atomic mass is 10.1. The minimum absolute atomic E-state index is 0.129. The molecule has 1 aromatic heterocycles. The summed E-state index contributed by atoms with van der Waals surface area (Å²) < 4.78 is 0. The summed E-state index contributed by atoms with van der Waals surface area (Å²) in [4.78, 5) is 12.0. The number of aromatic amines is 1. The van der Waals surface area contributed by atoms with Gasteiger partial charge in [0.1, 0.15) is 0 Å². The van der Waals surface area contributed by atoms with Crippen molar-refractivity contribution >= 4 is 17.5 Å². The molecule has 1 amide bonds. The van der Waals surface area contributed by atoms with Gasteiger partial charge in [-0.05, 0) is 31.5 Å². The number of amides is 1. The number of carbonyl (C=O) groups excluding carboxylic acids is 1. The predicted molar refractivity (Wildman–Crippen MR) is 76.8 cm³/mol. The Kier molecular flexibility index (Phi) is 4.42. The van der Waals surface area contributed by atoms with E-state index < -0.39 is 6.10 Å². The maximum atomic E-state index is 12.0. The van der Waals surface area contributed by atoms with E-state index in [2.05, 4.69) is 15.5 Å². The van der Waals surface area contributed by atoms with Crippen LogP contribution in [0.15, 0.2) is 24.3 Å². The van der Waals surface area contributed by atoms with Crippen LogP contribution in [0.3, 0.4) is 0 Å². The number of aromatic nitrogens is 2. The third-order valence-corrected chi connectivity index (χ3v) is 3.32. The Hall–Kier alpha value is -1.85. The number of nitrogens with zero attached hydrogens (tertiary/aromatic N) is 1. The van der Waals surface area contributed by atoms with E-state index in [0.717, 1.165) is 0 Å². The molecule has 0 aliphatic rings. The zero-order valence-corrected chi connectivity index (χ0v) is 12.0. The number of nitrogens with one attached hydrogen (secondary N) is 2. The second-order valence-electron chi connectivity index (χ2n) is 4.59. The summed E-state index contributed by atoms with van der Waals surface area (Å²) in [6.07, 6.45) is -0.774. The quantitative estimate of drug-likeness (QED) is 0.808. The Bertz CT molecular complexity index is 588. The van der Waals surface area contributed by atoms with Gasteiger partial charge in [-0.2, -0.15) is 5.10 Å². The molecule has 2 rings (SSSR count). The lowest BCUT2D eigenvalue weighted by Gasteiger charge is -2.12. The average Bonchev–Trinajstić information content (AvgIpc) is 2.76. The fourth-order valence-electron chi connectivity index (χ4n) is 1.97. The second-order valence-corrected chi connectivity index (χ2v) is 5.02. The first-order chi connectivity index (χ1) is 9.49. The molecule has 3 N–H and O–H groups in total. The molecule has 2 aromatic rings. The first-order valence-electron chi connectivity index (χ1n) is 6.22. The molecule has 0 radical (unpaired) electrons. The van der Waals surface area contributed by atoms with Crippen LogP contribution in [0.25, 0.3) is 0 Å². The Labute approximate surface area is 122 Å². The molecule has 1 aromatic carbocycles. The highest BCUT2D eigenvalue weighted by atomic mass is 35.5. The van der Waals surface area contributed by atoms with Crippen molar-refractivity contribution in [3.63, 3.8) is 0 Å². The number of carbonyl (C=O) groups is 1. The topological polar surface area (TPSA) is 78.0 Å². The molecule has 0 spiro atoms. The average molecular weight is 294 g/mol. The van der Waals surface area contributed by atoms with Crippen LogP contribution in [0.4, 0.5) is 0 Å². The van der Waals surface area contributed by atoms with Crippen LogP contribution < -0.4 is 5.32 Å². The van der Waals surface area contributed by atoms with Crippen LogP contribution >= 0.6 is 11.6 Å². The van der Waals surface area contributed by atoms with Crippen molar-refractivity contribution in [3.05, 3.63) is 51.8 Å². The van der Waals surface area contributed by atoms with Crippen LogP contribution in [0, 0.1) is 13.8 Å². The zero-order valence-electron chi connectivity index (χ0n) is 11.3.